The van der Waals surface area contributed by atoms with Crippen LogP contribution in [-0.4, -0.2) is 54.3 Å². The van der Waals surface area contributed by atoms with Crippen LogP contribution in [0, 0.1) is 26.1 Å². The molecule has 0 amide bonds. The summed E-state index contributed by atoms with van der Waals surface area (Å²) in [5.41, 5.74) is 11.8. The first kappa shape index (κ1) is 23.8. The van der Waals surface area contributed by atoms with Gasteiger partial charge in [-0.25, -0.2) is 14.4 Å². The van der Waals surface area contributed by atoms with Crippen molar-refractivity contribution in [2.75, 3.05) is 55.2 Å². The molecule has 0 aliphatic carbocycles. The summed E-state index contributed by atoms with van der Waals surface area (Å²) < 4.78 is 14.9. The van der Waals surface area contributed by atoms with Crippen LogP contribution in [-0.2, 0) is 0 Å². The Morgan fingerprint density at radius 2 is 1.66 bits per heavy atom. The molecule has 1 aromatic heterocycles. The van der Waals surface area contributed by atoms with Crippen molar-refractivity contribution in [3.8, 4) is 0 Å². The van der Waals surface area contributed by atoms with Crippen molar-refractivity contribution in [2.24, 2.45) is 0 Å². The second kappa shape index (κ2) is 9.99. The van der Waals surface area contributed by atoms with Crippen LogP contribution >= 0.6 is 0 Å². The summed E-state index contributed by atoms with van der Waals surface area (Å²) in [6.45, 7) is 12.1. The molecule has 2 aromatic carbocycles. The molecule has 185 valence electrons. The Hall–Kier alpha value is -2.90. The number of nitrogens with two attached hydrogens (primary N) is 1. The van der Waals surface area contributed by atoms with Gasteiger partial charge in [0.05, 0.1) is 11.6 Å². The first-order valence-corrected chi connectivity index (χ1v) is 12.7. The Bertz CT molecular complexity index is 1200. The molecule has 3 heterocycles. The highest BCUT2D eigenvalue weighted by Crippen LogP contribution is 2.32. The minimum absolute atomic E-state index is 0.209. The van der Waals surface area contributed by atoms with Crippen molar-refractivity contribution in [3.05, 3.63) is 65.5 Å². The van der Waals surface area contributed by atoms with Crippen LogP contribution in [0.2, 0.25) is 0 Å². The fourth-order valence-electron chi connectivity index (χ4n) is 5.37. The van der Waals surface area contributed by atoms with E-state index in [0.717, 1.165) is 61.6 Å². The molecule has 7 heteroatoms. The zero-order valence-electron chi connectivity index (χ0n) is 21.0. The Morgan fingerprint density at radius 3 is 2.40 bits per heavy atom. The Morgan fingerprint density at radius 1 is 0.943 bits per heavy atom. The van der Waals surface area contributed by atoms with Crippen LogP contribution in [0.5, 0.6) is 0 Å². The number of benzene rings is 2. The summed E-state index contributed by atoms with van der Waals surface area (Å²) in [7, 11) is 0. The highest BCUT2D eigenvalue weighted by atomic mass is 19.1. The highest BCUT2D eigenvalue weighted by molar-refractivity contribution is 5.94. The van der Waals surface area contributed by atoms with E-state index >= 15 is 0 Å². The maximum absolute atomic E-state index is 14.9. The van der Waals surface area contributed by atoms with E-state index < -0.39 is 0 Å². The maximum Gasteiger partial charge on any atom is 0.131 e. The maximum atomic E-state index is 14.9. The summed E-state index contributed by atoms with van der Waals surface area (Å²) in [5, 5.41) is 9.64. The van der Waals surface area contributed by atoms with Crippen LogP contribution in [0.1, 0.15) is 42.6 Å². The largest absolute Gasteiger partial charge is 0.399 e. The Labute approximate surface area is 207 Å². The number of hydrazine groups is 1. The van der Waals surface area contributed by atoms with Gasteiger partial charge < -0.3 is 16.0 Å². The molecule has 3 aromatic rings. The first-order chi connectivity index (χ1) is 16.9. The molecule has 5 rings (SSSR count). The lowest BCUT2D eigenvalue weighted by atomic mass is 10.0. The summed E-state index contributed by atoms with van der Waals surface area (Å²) in [6, 6.07) is 11.7. The number of hydrogen-bond acceptors (Lipinski definition) is 6. The lowest BCUT2D eigenvalue weighted by Gasteiger charge is -2.43. The Kier molecular flexibility index (Phi) is 6.80. The molecule has 0 bridgehead atoms. The van der Waals surface area contributed by atoms with Crippen molar-refractivity contribution in [1.82, 2.24) is 15.0 Å². The quantitative estimate of drug-likeness (QED) is 0.502. The molecule has 0 spiro atoms. The van der Waals surface area contributed by atoms with E-state index in [-0.39, 0.29) is 11.9 Å². The van der Waals surface area contributed by atoms with E-state index in [2.05, 4.69) is 44.9 Å². The lowest BCUT2D eigenvalue weighted by molar-refractivity contribution is -0.0359. The fraction of sp³-hybridized carbons (Fsp3) is 0.429. The van der Waals surface area contributed by atoms with Crippen LogP contribution in [0.15, 0.2) is 36.4 Å². The van der Waals surface area contributed by atoms with Crippen LogP contribution < -0.4 is 16.0 Å². The predicted molar refractivity (Wildman–Crippen MR) is 143 cm³/mol. The Balaban J connectivity index is 1.38. The molecular weight excluding hydrogens is 439 g/mol. The number of pyridine rings is 1. The minimum atomic E-state index is -0.240. The van der Waals surface area contributed by atoms with Gasteiger partial charge in [0, 0.05) is 73.0 Å². The third-order valence-electron chi connectivity index (χ3n) is 7.27. The normalized spacial score (nSPS) is 18.7. The van der Waals surface area contributed by atoms with Gasteiger partial charge in [0.25, 0.3) is 0 Å². The summed E-state index contributed by atoms with van der Waals surface area (Å²) in [6.07, 6.45) is 4.77. The van der Waals surface area contributed by atoms with E-state index in [1.165, 1.54) is 18.5 Å². The number of hydrogen-bond donors (Lipinski definition) is 2. The zero-order chi connectivity index (χ0) is 24.5. The van der Waals surface area contributed by atoms with Gasteiger partial charge in [0.1, 0.15) is 5.82 Å². The molecule has 2 aliphatic heterocycles. The molecule has 2 aliphatic rings. The van der Waals surface area contributed by atoms with E-state index in [0.29, 0.717) is 16.8 Å². The number of fused-ring (bicyclic) bond motifs is 1. The van der Waals surface area contributed by atoms with Crippen molar-refractivity contribution in [1.29, 1.82) is 0 Å². The highest BCUT2D eigenvalue weighted by Gasteiger charge is 2.24. The summed E-state index contributed by atoms with van der Waals surface area (Å²) >= 11 is 0. The topological polar surface area (TPSA) is 60.7 Å². The van der Waals surface area contributed by atoms with Crippen LogP contribution in [0.4, 0.5) is 21.5 Å². The smallest absolute Gasteiger partial charge is 0.131 e. The van der Waals surface area contributed by atoms with Crippen LogP contribution in [0.3, 0.4) is 0 Å². The number of halogens is 1. The van der Waals surface area contributed by atoms with Crippen molar-refractivity contribution >= 4 is 28.0 Å². The monoisotopic (exact) mass is 475 g/mol. The third-order valence-corrected chi connectivity index (χ3v) is 7.27. The molecular formula is C28H36FN6. The number of anilines is 3. The molecule has 3 N–H and O–H groups in total. The van der Waals surface area contributed by atoms with E-state index in [1.54, 1.807) is 19.1 Å². The summed E-state index contributed by atoms with van der Waals surface area (Å²) in [5.74, 6) is -0.209. The van der Waals surface area contributed by atoms with E-state index in [1.807, 2.05) is 19.9 Å². The third kappa shape index (κ3) is 5.07. The van der Waals surface area contributed by atoms with Crippen molar-refractivity contribution in [2.45, 2.75) is 39.7 Å². The van der Waals surface area contributed by atoms with Gasteiger partial charge in [0.15, 0.2) is 0 Å². The fourth-order valence-corrected chi connectivity index (χ4v) is 5.37. The molecule has 35 heavy (non-hydrogen) atoms. The molecule has 0 saturated carbocycles. The van der Waals surface area contributed by atoms with E-state index in [4.69, 9.17) is 10.7 Å². The summed E-state index contributed by atoms with van der Waals surface area (Å²) in [4.78, 5) is 7.21. The molecule has 2 fully saturated rings. The number of aromatic nitrogens is 1. The minimum Gasteiger partial charge on any atom is -0.399 e. The second-order valence-corrected chi connectivity index (χ2v) is 9.88. The standard InChI is InChI=1S/C28H36FN6/c1-19-15-22(30)17-24(28(19)29)21(3)32-27-16-20(2)31-26-8-7-23(18-25(26)27)33-11-13-35(14-12-33)34-9-5-4-6-10-34/h4,7-8,15-18,21H,5-6,9-14,30H2,1-3H3,(H,31,32)/t21-/m1/s1. The van der Waals surface area contributed by atoms with Gasteiger partial charge in [-0.15, -0.1) is 0 Å². The molecule has 6 nitrogen and oxygen atoms in total. The van der Waals surface area contributed by atoms with Crippen molar-refractivity contribution in [3.63, 3.8) is 0 Å². The number of nitrogen functional groups attached to an aromatic ring is 1. The number of rotatable bonds is 5. The molecule has 0 unspecified atom stereocenters. The molecule has 2 saturated heterocycles. The van der Waals surface area contributed by atoms with Gasteiger partial charge in [-0.05, 0) is 82.0 Å². The first-order valence-electron chi connectivity index (χ1n) is 12.7. The molecule has 1 atom stereocenters. The number of nitrogens with zero attached hydrogens (tertiary/aromatic N) is 4. The van der Waals surface area contributed by atoms with Gasteiger partial charge in [-0.2, -0.15) is 0 Å². The van der Waals surface area contributed by atoms with E-state index in [9.17, 15) is 4.39 Å². The van der Waals surface area contributed by atoms with Crippen molar-refractivity contribution < 1.29 is 4.39 Å². The SMILES string of the molecule is Cc1cc(N[C@H](C)c2cc(N)cc(C)c2F)c2cc(N3CCN(N4CC[CH]CC4)CC3)ccc2n1. The zero-order valence-corrected chi connectivity index (χ0v) is 21.0. The number of aryl methyl sites for hydroxylation is 2. The lowest BCUT2D eigenvalue weighted by Crippen LogP contribution is -2.55. The van der Waals surface area contributed by atoms with Gasteiger partial charge in [-0.3, -0.25) is 4.98 Å². The van der Waals surface area contributed by atoms with Gasteiger partial charge in [-0.1, -0.05) is 0 Å². The molecule has 1 radical (unpaired) electrons. The average molecular weight is 476 g/mol. The average Bonchev–Trinajstić information content (AvgIpc) is 2.86. The van der Waals surface area contributed by atoms with Crippen LogP contribution in [0.25, 0.3) is 10.9 Å². The number of nitrogens with one attached hydrogen (secondary N) is 1. The second-order valence-electron chi connectivity index (χ2n) is 9.88. The number of piperidine rings is 1. The number of piperazine rings is 1. The predicted octanol–water partition coefficient (Wildman–Crippen LogP) is 5.08. The van der Waals surface area contributed by atoms with Gasteiger partial charge in [0.2, 0.25) is 0 Å². The van der Waals surface area contributed by atoms with Gasteiger partial charge >= 0.3 is 0 Å².